The Hall–Kier alpha value is -1.21. The van der Waals surface area contributed by atoms with Gasteiger partial charge in [-0.25, -0.2) is 13.4 Å². The first kappa shape index (κ1) is 15.2. The lowest BCUT2D eigenvalue weighted by Crippen LogP contribution is -2.16. The molecule has 5 nitrogen and oxygen atoms in total. The number of anilines is 2. The zero-order valence-electron chi connectivity index (χ0n) is 9.77. The summed E-state index contributed by atoms with van der Waals surface area (Å²) >= 11 is 17.6. The molecule has 0 saturated heterocycles. The van der Waals surface area contributed by atoms with Gasteiger partial charge in [0.2, 0.25) is 0 Å². The molecule has 0 bridgehead atoms. The van der Waals surface area contributed by atoms with Gasteiger partial charge in [0.05, 0.1) is 15.7 Å². The normalized spacial score (nSPS) is 11.3. The maximum atomic E-state index is 12.2. The van der Waals surface area contributed by atoms with E-state index in [0.717, 1.165) is 0 Å². The molecule has 106 valence electrons. The van der Waals surface area contributed by atoms with Crippen molar-refractivity contribution in [2.24, 2.45) is 0 Å². The Kier molecular flexibility index (Phi) is 4.29. The lowest BCUT2D eigenvalue weighted by atomic mass is 10.3. The summed E-state index contributed by atoms with van der Waals surface area (Å²) in [6, 6.07) is 5.53. The Balaban J connectivity index is 2.47. The van der Waals surface area contributed by atoms with Crippen molar-refractivity contribution in [2.75, 3.05) is 10.5 Å². The van der Waals surface area contributed by atoms with Gasteiger partial charge >= 0.3 is 0 Å². The minimum atomic E-state index is -3.95. The van der Waals surface area contributed by atoms with Crippen LogP contribution in [0.3, 0.4) is 0 Å². The summed E-state index contributed by atoms with van der Waals surface area (Å²) in [7, 11) is -3.95. The number of nitrogens with zero attached hydrogens (tertiary/aromatic N) is 1. The van der Waals surface area contributed by atoms with Crippen LogP contribution in [0, 0.1) is 0 Å². The number of aromatic nitrogens is 1. The van der Waals surface area contributed by atoms with Crippen molar-refractivity contribution in [3.05, 3.63) is 45.5 Å². The highest BCUT2D eigenvalue weighted by molar-refractivity contribution is 7.92. The molecule has 1 aromatic carbocycles. The zero-order chi connectivity index (χ0) is 14.9. The lowest BCUT2D eigenvalue weighted by molar-refractivity contribution is 0.601. The van der Waals surface area contributed by atoms with E-state index in [2.05, 4.69) is 9.71 Å². The fourth-order valence-corrected chi connectivity index (χ4v) is 3.67. The summed E-state index contributed by atoms with van der Waals surface area (Å²) in [5.74, 6) is -0.124. The first-order chi connectivity index (χ1) is 9.31. The summed E-state index contributed by atoms with van der Waals surface area (Å²) < 4.78 is 26.7. The molecule has 0 atom stereocenters. The van der Waals surface area contributed by atoms with Crippen LogP contribution in [0.1, 0.15) is 0 Å². The van der Waals surface area contributed by atoms with E-state index in [4.69, 9.17) is 40.5 Å². The van der Waals surface area contributed by atoms with Crippen molar-refractivity contribution >= 4 is 56.3 Å². The molecule has 20 heavy (non-hydrogen) atoms. The second kappa shape index (κ2) is 5.65. The average molecular weight is 353 g/mol. The molecule has 0 fully saturated rings. The Morgan fingerprint density at radius 2 is 1.75 bits per heavy atom. The summed E-state index contributed by atoms with van der Waals surface area (Å²) in [6.07, 6.45) is 1.39. The SMILES string of the molecule is Nc1ncccc1S(=O)(=O)Nc1c(Cl)cc(Cl)cc1Cl. The first-order valence-electron chi connectivity index (χ1n) is 5.19. The van der Waals surface area contributed by atoms with Crippen LogP contribution in [0.25, 0.3) is 0 Å². The smallest absolute Gasteiger partial charge is 0.265 e. The van der Waals surface area contributed by atoms with E-state index in [-0.39, 0.29) is 26.4 Å². The summed E-state index contributed by atoms with van der Waals surface area (Å²) in [5.41, 5.74) is 5.57. The second-order valence-corrected chi connectivity index (χ2v) is 6.64. The molecule has 0 spiro atoms. The van der Waals surface area contributed by atoms with Gasteiger partial charge in [-0.2, -0.15) is 0 Å². The fourth-order valence-electron chi connectivity index (χ4n) is 1.46. The number of nitrogens with two attached hydrogens (primary N) is 1. The number of nitrogens with one attached hydrogen (secondary N) is 1. The largest absolute Gasteiger partial charge is 0.383 e. The maximum Gasteiger partial charge on any atom is 0.265 e. The number of rotatable bonds is 3. The predicted octanol–water partition coefficient (Wildman–Crippen LogP) is 3.42. The van der Waals surface area contributed by atoms with Crippen LogP contribution in [0.15, 0.2) is 35.4 Å². The molecular formula is C11H8Cl3N3O2S. The van der Waals surface area contributed by atoms with E-state index >= 15 is 0 Å². The van der Waals surface area contributed by atoms with Crippen molar-refractivity contribution < 1.29 is 8.42 Å². The van der Waals surface area contributed by atoms with E-state index < -0.39 is 10.0 Å². The van der Waals surface area contributed by atoms with E-state index in [1.54, 1.807) is 0 Å². The lowest BCUT2D eigenvalue weighted by Gasteiger charge is -2.12. The number of sulfonamides is 1. The molecule has 0 aliphatic rings. The van der Waals surface area contributed by atoms with E-state index in [0.29, 0.717) is 5.02 Å². The quantitative estimate of drug-likeness (QED) is 0.886. The van der Waals surface area contributed by atoms with Crippen LogP contribution in [0.4, 0.5) is 11.5 Å². The molecule has 0 aliphatic carbocycles. The van der Waals surface area contributed by atoms with Crippen molar-refractivity contribution in [3.63, 3.8) is 0 Å². The molecule has 0 unspecified atom stereocenters. The van der Waals surface area contributed by atoms with Crippen molar-refractivity contribution in [1.29, 1.82) is 0 Å². The number of halogens is 3. The minimum Gasteiger partial charge on any atom is -0.383 e. The number of benzene rings is 1. The molecule has 9 heteroatoms. The van der Waals surface area contributed by atoms with Crippen molar-refractivity contribution in [2.45, 2.75) is 4.90 Å². The van der Waals surface area contributed by atoms with Gasteiger partial charge in [0, 0.05) is 11.2 Å². The first-order valence-corrected chi connectivity index (χ1v) is 7.81. The third-order valence-corrected chi connectivity index (χ3v) is 4.54. The van der Waals surface area contributed by atoms with Gasteiger partial charge in [0.15, 0.2) is 0 Å². The van der Waals surface area contributed by atoms with Gasteiger partial charge in [-0.15, -0.1) is 0 Å². The highest BCUT2D eigenvalue weighted by atomic mass is 35.5. The summed E-state index contributed by atoms with van der Waals surface area (Å²) in [4.78, 5) is 3.55. The third kappa shape index (κ3) is 3.09. The maximum absolute atomic E-state index is 12.2. The Bertz CT molecular complexity index is 742. The highest BCUT2D eigenvalue weighted by Crippen LogP contribution is 2.35. The van der Waals surface area contributed by atoms with Gasteiger partial charge in [-0.3, -0.25) is 4.72 Å². The molecule has 0 amide bonds. The van der Waals surface area contributed by atoms with Crippen LogP contribution in [-0.2, 0) is 10.0 Å². The molecule has 1 aromatic heterocycles. The van der Waals surface area contributed by atoms with Gasteiger partial charge in [0.25, 0.3) is 10.0 Å². The van der Waals surface area contributed by atoms with Crippen LogP contribution in [0.5, 0.6) is 0 Å². The van der Waals surface area contributed by atoms with Crippen molar-refractivity contribution in [1.82, 2.24) is 4.98 Å². The predicted molar refractivity (Wildman–Crippen MR) is 80.9 cm³/mol. The molecule has 3 N–H and O–H groups in total. The van der Waals surface area contributed by atoms with Crippen LogP contribution in [0.2, 0.25) is 15.1 Å². The van der Waals surface area contributed by atoms with E-state index in [1.807, 2.05) is 0 Å². The standard InChI is InChI=1S/C11H8Cl3N3O2S/c12-6-4-7(13)10(8(14)5-6)17-20(18,19)9-2-1-3-16-11(9)15/h1-5,17H,(H2,15,16). The van der Waals surface area contributed by atoms with Gasteiger partial charge < -0.3 is 5.73 Å². The number of pyridine rings is 1. The van der Waals surface area contributed by atoms with Crippen LogP contribution >= 0.6 is 34.8 Å². The number of nitrogen functional groups attached to an aromatic ring is 1. The van der Waals surface area contributed by atoms with Crippen LogP contribution < -0.4 is 10.5 Å². The monoisotopic (exact) mass is 351 g/mol. The minimum absolute atomic E-state index is 0.0287. The zero-order valence-corrected chi connectivity index (χ0v) is 12.9. The summed E-state index contributed by atoms with van der Waals surface area (Å²) in [5, 5.41) is 0.450. The Labute approximate surface area is 130 Å². The molecule has 1 heterocycles. The Morgan fingerprint density at radius 3 is 2.30 bits per heavy atom. The second-order valence-electron chi connectivity index (χ2n) is 3.74. The van der Waals surface area contributed by atoms with Gasteiger partial charge in [0.1, 0.15) is 10.7 Å². The van der Waals surface area contributed by atoms with E-state index in [9.17, 15) is 8.42 Å². The molecule has 2 aromatic rings. The fraction of sp³-hybridized carbons (Fsp3) is 0. The van der Waals surface area contributed by atoms with Gasteiger partial charge in [-0.1, -0.05) is 34.8 Å². The topological polar surface area (TPSA) is 85.1 Å². The summed E-state index contributed by atoms with van der Waals surface area (Å²) in [6.45, 7) is 0. The van der Waals surface area contributed by atoms with E-state index in [1.165, 1.54) is 30.5 Å². The highest BCUT2D eigenvalue weighted by Gasteiger charge is 2.21. The molecule has 0 aliphatic heterocycles. The number of hydrogen-bond donors (Lipinski definition) is 2. The molecule has 0 saturated carbocycles. The number of hydrogen-bond acceptors (Lipinski definition) is 4. The molecule has 2 rings (SSSR count). The van der Waals surface area contributed by atoms with Crippen molar-refractivity contribution in [3.8, 4) is 0 Å². The Morgan fingerprint density at radius 1 is 1.15 bits per heavy atom. The molecule has 0 radical (unpaired) electrons. The van der Waals surface area contributed by atoms with Gasteiger partial charge in [-0.05, 0) is 24.3 Å². The molecular weight excluding hydrogens is 345 g/mol. The van der Waals surface area contributed by atoms with Crippen LogP contribution in [-0.4, -0.2) is 13.4 Å². The average Bonchev–Trinajstić information content (AvgIpc) is 2.34. The third-order valence-electron chi connectivity index (χ3n) is 2.33.